The van der Waals surface area contributed by atoms with E-state index in [1.54, 1.807) is 38.3 Å². The Kier molecular flexibility index (Phi) is 4.52. The van der Waals surface area contributed by atoms with Gasteiger partial charge in [0, 0.05) is 12.0 Å². The number of hydrogen-bond acceptors (Lipinski definition) is 4. The summed E-state index contributed by atoms with van der Waals surface area (Å²) in [5.41, 5.74) is 1.69. The lowest BCUT2D eigenvalue weighted by Gasteiger charge is -2.07. The third-order valence-corrected chi connectivity index (χ3v) is 3.35. The number of Topliss-reactive ketones (excluding diaryl/α,β-unsaturated/α-hetero) is 1. The van der Waals surface area contributed by atoms with E-state index in [9.17, 15) is 9.59 Å². The number of ketones is 1. The van der Waals surface area contributed by atoms with Crippen molar-refractivity contribution in [2.45, 2.75) is 26.7 Å². The lowest BCUT2D eigenvalue weighted by molar-refractivity contribution is 0.0941. The van der Waals surface area contributed by atoms with Crippen molar-refractivity contribution in [3.05, 3.63) is 47.3 Å². The Bertz CT molecular complexity index is 657. The summed E-state index contributed by atoms with van der Waals surface area (Å²) in [6.07, 6.45) is 2.45. The van der Waals surface area contributed by atoms with Crippen molar-refractivity contribution in [3.63, 3.8) is 0 Å². The summed E-state index contributed by atoms with van der Waals surface area (Å²) in [6, 6.07) is 6.81. The van der Waals surface area contributed by atoms with Crippen LogP contribution in [0.2, 0.25) is 0 Å². The first kappa shape index (κ1) is 15.0. The first-order valence-electron chi connectivity index (χ1n) is 6.91. The van der Waals surface area contributed by atoms with E-state index in [0.29, 0.717) is 35.4 Å². The van der Waals surface area contributed by atoms with Crippen molar-refractivity contribution in [1.29, 1.82) is 0 Å². The molecule has 5 nitrogen and oxygen atoms in total. The van der Waals surface area contributed by atoms with E-state index < -0.39 is 0 Å². The zero-order valence-electron chi connectivity index (χ0n) is 12.4. The van der Waals surface area contributed by atoms with Crippen LogP contribution in [-0.4, -0.2) is 28.6 Å². The van der Waals surface area contributed by atoms with Gasteiger partial charge in [0.25, 0.3) is 5.91 Å². The standard InChI is InChI=1S/C16H18N2O3/c1-4-14-13(15(19)5-2)10-17-18(14)16(20)11-6-8-12(21-3)9-7-11/h6-10H,4-5H2,1-3H3. The van der Waals surface area contributed by atoms with E-state index in [2.05, 4.69) is 5.10 Å². The highest BCUT2D eigenvalue weighted by molar-refractivity contribution is 6.00. The maximum atomic E-state index is 12.5. The van der Waals surface area contributed by atoms with Crippen LogP contribution in [0.1, 0.15) is 46.7 Å². The van der Waals surface area contributed by atoms with Crippen LogP contribution < -0.4 is 4.74 Å². The van der Waals surface area contributed by atoms with Gasteiger partial charge < -0.3 is 4.74 Å². The fourth-order valence-electron chi connectivity index (χ4n) is 2.17. The molecule has 21 heavy (non-hydrogen) atoms. The molecule has 0 bridgehead atoms. The highest BCUT2D eigenvalue weighted by Crippen LogP contribution is 2.16. The van der Waals surface area contributed by atoms with Crippen LogP contribution in [0.3, 0.4) is 0 Å². The minimum absolute atomic E-state index is 0.000584. The molecule has 0 saturated heterocycles. The molecule has 0 aliphatic carbocycles. The number of benzene rings is 1. The van der Waals surface area contributed by atoms with Crippen LogP contribution in [0.15, 0.2) is 30.5 Å². The van der Waals surface area contributed by atoms with E-state index in [1.165, 1.54) is 10.9 Å². The quantitative estimate of drug-likeness (QED) is 0.793. The predicted molar refractivity (Wildman–Crippen MR) is 78.9 cm³/mol. The third kappa shape index (κ3) is 2.86. The van der Waals surface area contributed by atoms with Gasteiger partial charge in [0.15, 0.2) is 5.78 Å². The maximum Gasteiger partial charge on any atom is 0.278 e. The Balaban J connectivity index is 2.38. The molecule has 0 saturated carbocycles. The lowest BCUT2D eigenvalue weighted by Crippen LogP contribution is -2.17. The highest BCUT2D eigenvalue weighted by atomic mass is 16.5. The normalized spacial score (nSPS) is 10.4. The second-order valence-electron chi connectivity index (χ2n) is 4.58. The van der Waals surface area contributed by atoms with Crippen molar-refractivity contribution < 1.29 is 14.3 Å². The van der Waals surface area contributed by atoms with Crippen LogP contribution in [0.5, 0.6) is 5.75 Å². The van der Waals surface area contributed by atoms with Crippen molar-refractivity contribution in [3.8, 4) is 5.75 Å². The van der Waals surface area contributed by atoms with E-state index in [0.717, 1.165) is 0 Å². The Morgan fingerprint density at radius 1 is 1.19 bits per heavy atom. The van der Waals surface area contributed by atoms with Gasteiger partial charge >= 0.3 is 0 Å². The summed E-state index contributed by atoms with van der Waals surface area (Å²) < 4.78 is 6.38. The summed E-state index contributed by atoms with van der Waals surface area (Å²) in [6.45, 7) is 3.70. The molecule has 110 valence electrons. The number of carbonyl (C=O) groups is 2. The second-order valence-corrected chi connectivity index (χ2v) is 4.58. The number of hydrogen-bond donors (Lipinski definition) is 0. The Morgan fingerprint density at radius 3 is 2.38 bits per heavy atom. The average molecular weight is 286 g/mol. The third-order valence-electron chi connectivity index (χ3n) is 3.35. The van der Waals surface area contributed by atoms with Gasteiger partial charge in [-0.1, -0.05) is 13.8 Å². The Hall–Kier alpha value is -2.43. The molecule has 2 rings (SSSR count). The van der Waals surface area contributed by atoms with Crippen molar-refractivity contribution >= 4 is 11.7 Å². The maximum absolute atomic E-state index is 12.5. The molecule has 5 heteroatoms. The molecule has 0 amide bonds. The molecule has 0 atom stereocenters. The van der Waals surface area contributed by atoms with Crippen LogP contribution in [0.25, 0.3) is 0 Å². The first-order chi connectivity index (χ1) is 10.1. The molecule has 0 aliphatic heterocycles. The first-order valence-corrected chi connectivity index (χ1v) is 6.91. The van der Waals surface area contributed by atoms with E-state index in [1.807, 2.05) is 6.92 Å². The van der Waals surface area contributed by atoms with Crippen molar-refractivity contribution in [1.82, 2.24) is 9.78 Å². The van der Waals surface area contributed by atoms with Gasteiger partial charge in [-0.05, 0) is 30.7 Å². The number of ether oxygens (including phenoxy) is 1. The van der Waals surface area contributed by atoms with Crippen molar-refractivity contribution in [2.24, 2.45) is 0 Å². The SMILES string of the molecule is CCC(=O)c1cnn(C(=O)c2ccc(OC)cc2)c1CC. The fraction of sp³-hybridized carbons (Fsp3) is 0.312. The number of rotatable bonds is 5. The van der Waals surface area contributed by atoms with Gasteiger partial charge in [0.2, 0.25) is 0 Å². The highest BCUT2D eigenvalue weighted by Gasteiger charge is 2.19. The number of aromatic nitrogens is 2. The second kappa shape index (κ2) is 6.35. The molecule has 0 unspecified atom stereocenters. The summed E-state index contributed by atoms with van der Waals surface area (Å²) in [4.78, 5) is 24.4. The summed E-state index contributed by atoms with van der Waals surface area (Å²) >= 11 is 0. The Morgan fingerprint density at radius 2 is 1.86 bits per heavy atom. The Labute approximate surface area is 123 Å². The molecule has 0 N–H and O–H groups in total. The molecular formula is C16H18N2O3. The summed E-state index contributed by atoms with van der Waals surface area (Å²) in [5, 5.41) is 4.09. The van der Waals surface area contributed by atoms with Gasteiger partial charge in [-0.2, -0.15) is 5.10 Å². The molecule has 1 aromatic heterocycles. The van der Waals surface area contributed by atoms with E-state index in [-0.39, 0.29) is 11.7 Å². The van der Waals surface area contributed by atoms with Crippen LogP contribution in [0, 0.1) is 0 Å². The molecule has 1 heterocycles. The minimum Gasteiger partial charge on any atom is -0.497 e. The number of carbonyl (C=O) groups excluding carboxylic acids is 2. The molecular weight excluding hydrogens is 268 g/mol. The summed E-state index contributed by atoms with van der Waals surface area (Å²) in [7, 11) is 1.57. The topological polar surface area (TPSA) is 61.2 Å². The average Bonchev–Trinajstić information content (AvgIpc) is 2.97. The summed E-state index contributed by atoms with van der Waals surface area (Å²) in [5.74, 6) is 0.440. The monoisotopic (exact) mass is 286 g/mol. The number of nitrogens with zero attached hydrogens (tertiary/aromatic N) is 2. The van der Waals surface area contributed by atoms with Crippen LogP contribution >= 0.6 is 0 Å². The van der Waals surface area contributed by atoms with Gasteiger partial charge in [-0.3, -0.25) is 9.59 Å². The zero-order valence-corrected chi connectivity index (χ0v) is 12.4. The van der Waals surface area contributed by atoms with E-state index in [4.69, 9.17) is 4.74 Å². The number of methoxy groups -OCH3 is 1. The van der Waals surface area contributed by atoms with Gasteiger partial charge in [0.05, 0.1) is 24.6 Å². The lowest BCUT2D eigenvalue weighted by atomic mass is 10.1. The predicted octanol–water partition coefficient (Wildman–Crippen LogP) is 2.74. The van der Waals surface area contributed by atoms with Gasteiger partial charge in [-0.25, -0.2) is 4.68 Å². The van der Waals surface area contributed by atoms with Crippen LogP contribution in [0.4, 0.5) is 0 Å². The molecule has 0 fully saturated rings. The molecule has 0 aliphatic rings. The minimum atomic E-state index is -0.246. The molecule has 2 aromatic rings. The molecule has 0 radical (unpaired) electrons. The smallest absolute Gasteiger partial charge is 0.278 e. The largest absolute Gasteiger partial charge is 0.497 e. The van der Waals surface area contributed by atoms with Crippen molar-refractivity contribution in [2.75, 3.05) is 7.11 Å². The van der Waals surface area contributed by atoms with Gasteiger partial charge in [0.1, 0.15) is 5.75 Å². The molecule has 1 aromatic carbocycles. The van der Waals surface area contributed by atoms with Crippen LogP contribution in [-0.2, 0) is 6.42 Å². The fourth-order valence-corrected chi connectivity index (χ4v) is 2.17. The molecule has 0 spiro atoms. The van der Waals surface area contributed by atoms with E-state index >= 15 is 0 Å². The zero-order chi connectivity index (χ0) is 15.4. The van der Waals surface area contributed by atoms with Gasteiger partial charge in [-0.15, -0.1) is 0 Å².